The quantitative estimate of drug-likeness (QED) is 0.529. The van der Waals surface area contributed by atoms with E-state index in [1.54, 1.807) is 4.57 Å². The lowest BCUT2D eigenvalue weighted by atomic mass is 9.85. The molecule has 0 spiro atoms. The average molecular weight is 485 g/mol. The minimum Gasteiger partial charge on any atom is -0.336 e. The number of aromatic nitrogens is 2. The van der Waals surface area contributed by atoms with Crippen LogP contribution in [-0.4, -0.2) is 42.5 Å². The van der Waals surface area contributed by atoms with E-state index in [-0.39, 0.29) is 5.03 Å². The van der Waals surface area contributed by atoms with E-state index in [2.05, 4.69) is 40.2 Å². The number of likely N-dealkylation sites (tertiary alicyclic amines) is 1. The number of hydrogen-bond donors (Lipinski definition) is 1. The summed E-state index contributed by atoms with van der Waals surface area (Å²) in [5.74, 6) is 1.08. The smallest absolute Gasteiger partial charge is 0.257 e. The minimum absolute atomic E-state index is 0.0909. The van der Waals surface area contributed by atoms with E-state index in [4.69, 9.17) is 16.7 Å². The molecule has 33 heavy (non-hydrogen) atoms. The highest BCUT2D eigenvalue weighted by molar-refractivity contribution is 7.89. The normalized spacial score (nSPS) is 20.5. The fourth-order valence-corrected chi connectivity index (χ4v) is 5.85. The number of nitrogens with zero attached hydrogens (tertiary/aromatic N) is 3. The van der Waals surface area contributed by atoms with Gasteiger partial charge < -0.3 is 9.47 Å². The first kappa shape index (κ1) is 22.6. The Labute approximate surface area is 200 Å². The SMILES string of the molecule is NS(=O)(=O)c1cn(CCc2ccc3c(c2)C(Cc2cccc(Cl)c2)C(CN2CCC2)C3)cn1. The Bertz CT molecular complexity index is 1250. The third kappa shape index (κ3) is 5.17. The lowest BCUT2D eigenvalue weighted by Gasteiger charge is -2.35. The van der Waals surface area contributed by atoms with Crippen molar-refractivity contribution in [3.05, 3.63) is 82.3 Å². The van der Waals surface area contributed by atoms with Crippen molar-refractivity contribution < 1.29 is 8.42 Å². The molecule has 2 N–H and O–H groups in total. The van der Waals surface area contributed by atoms with Crippen LogP contribution in [0.3, 0.4) is 0 Å². The van der Waals surface area contributed by atoms with Crippen molar-refractivity contribution in [3.8, 4) is 0 Å². The van der Waals surface area contributed by atoms with Gasteiger partial charge in [-0.3, -0.25) is 0 Å². The number of primary sulfonamides is 1. The van der Waals surface area contributed by atoms with E-state index in [9.17, 15) is 8.42 Å². The first-order valence-corrected chi connectivity index (χ1v) is 13.4. The van der Waals surface area contributed by atoms with E-state index in [1.165, 1.54) is 54.3 Å². The molecular weight excluding hydrogens is 456 g/mol. The van der Waals surface area contributed by atoms with Crippen LogP contribution in [0.2, 0.25) is 5.02 Å². The summed E-state index contributed by atoms with van der Waals surface area (Å²) in [5, 5.41) is 5.87. The maximum absolute atomic E-state index is 11.5. The second-order valence-corrected chi connectivity index (χ2v) is 11.3. The van der Waals surface area contributed by atoms with Crippen LogP contribution in [0.4, 0.5) is 0 Å². The van der Waals surface area contributed by atoms with E-state index in [0.717, 1.165) is 30.8 Å². The van der Waals surface area contributed by atoms with Gasteiger partial charge in [0.2, 0.25) is 0 Å². The van der Waals surface area contributed by atoms with E-state index >= 15 is 0 Å². The number of rotatable bonds is 8. The number of imidazole rings is 1. The molecular formula is C25H29ClN4O2S. The maximum atomic E-state index is 11.5. The largest absolute Gasteiger partial charge is 0.336 e. The van der Waals surface area contributed by atoms with E-state index in [0.29, 0.717) is 18.4 Å². The van der Waals surface area contributed by atoms with Crippen molar-refractivity contribution in [1.82, 2.24) is 14.5 Å². The van der Waals surface area contributed by atoms with Crippen molar-refractivity contribution >= 4 is 21.6 Å². The highest BCUT2D eigenvalue weighted by Gasteiger charge is 2.34. The summed E-state index contributed by atoms with van der Waals surface area (Å²) in [6.07, 6.45) is 7.25. The standard InChI is InChI=1S/C25H29ClN4O2S/c26-22-4-1-3-19(11-22)13-24-21(15-29-8-2-9-29)14-20-6-5-18(12-23(20)24)7-10-30-16-25(28-17-30)33(27,31)32/h1,3-6,11-12,16-17,21,24H,2,7-10,13-15H2,(H2,27,31,32). The number of nitrogens with two attached hydrogens (primary N) is 1. The van der Waals surface area contributed by atoms with Gasteiger partial charge in [-0.1, -0.05) is 41.9 Å². The molecule has 1 aliphatic carbocycles. The van der Waals surface area contributed by atoms with Crippen LogP contribution in [0, 0.1) is 5.92 Å². The van der Waals surface area contributed by atoms with Gasteiger partial charge in [-0.15, -0.1) is 0 Å². The van der Waals surface area contributed by atoms with E-state index < -0.39 is 10.0 Å². The van der Waals surface area contributed by atoms with Crippen LogP contribution in [0.5, 0.6) is 0 Å². The molecule has 0 saturated carbocycles. The Morgan fingerprint density at radius 3 is 2.67 bits per heavy atom. The van der Waals surface area contributed by atoms with Crippen molar-refractivity contribution in [3.63, 3.8) is 0 Å². The summed E-state index contributed by atoms with van der Waals surface area (Å²) in [6.45, 7) is 4.24. The third-order valence-electron chi connectivity index (χ3n) is 7.01. The molecule has 2 aromatic carbocycles. The predicted octanol–water partition coefficient (Wildman–Crippen LogP) is 3.63. The monoisotopic (exact) mass is 484 g/mol. The van der Waals surface area contributed by atoms with E-state index in [1.807, 2.05) is 12.1 Å². The fraction of sp³-hybridized carbons (Fsp3) is 0.400. The average Bonchev–Trinajstić information content (AvgIpc) is 3.34. The number of aryl methyl sites for hydroxylation is 2. The van der Waals surface area contributed by atoms with Crippen molar-refractivity contribution in [2.45, 2.75) is 43.2 Å². The molecule has 2 aliphatic rings. The zero-order chi connectivity index (χ0) is 23.0. The number of benzene rings is 2. The highest BCUT2D eigenvalue weighted by atomic mass is 35.5. The molecule has 2 heterocycles. The number of fused-ring (bicyclic) bond motifs is 1. The molecule has 2 unspecified atom stereocenters. The summed E-state index contributed by atoms with van der Waals surface area (Å²) >= 11 is 6.28. The van der Waals surface area contributed by atoms with Crippen molar-refractivity contribution in [1.29, 1.82) is 0 Å². The molecule has 1 saturated heterocycles. The summed E-state index contributed by atoms with van der Waals surface area (Å²) in [5.41, 5.74) is 5.44. The number of sulfonamides is 1. The molecule has 0 amide bonds. The molecule has 6 nitrogen and oxygen atoms in total. The molecule has 174 valence electrons. The Balaban J connectivity index is 1.35. The minimum atomic E-state index is -3.77. The lowest BCUT2D eigenvalue weighted by Crippen LogP contribution is -2.41. The van der Waals surface area contributed by atoms with Gasteiger partial charge in [0.15, 0.2) is 5.03 Å². The molecule has 0 radical (unpaired) electrons. The Morgan fingerprint density at radius 2 is 1.97 bits per heavy atom. The molecule has 2 atom stereocenters. The van der Waals surface area contributed by atoms with Gasteiger partial charge >= 0.3 is 0 Å². The van der Waals surface area contributed by atoms with Gasteiger partial charge in [-0.25, -0.2) is 18.5 Å². The molecule has 8 heteroatoms. The van der Waals surface area contributed by atoms with Crippen LogP contribution in [0.1, 0.15) is 34.6 Å². The first-order valence-electron chi connectivity index (χ1n) is 11.5. The third-order valence-corrected chi connectivity index (χ3v) is 8.04. The second kappa shape index (κ2) is 9.22. The molecule has 3 aromatic rings. The van der Waals surface area contributed by atoms with Gasteiger partial charge in [-0.2, -0.15) is 0 Å². The molecule has 1 aromatic heterocycles. The second-order valence-electron chi connectivity index (χ2n) is 9.34. The van der Waals surface area contributed by atoms with Crippen molar-refractivity contribution in [2.75, 3.05) is 19.6 Å². The molecule has 1 aliphatic heterocycles. The highest BCUT2D eigenvalue weighted by Crippen LogP contribution is 2.42. The molecule has 1 fully saturated rings. The zero-order valence-electron chi connectivity index (χ0n) is 18.5. The Kier molecular flexibility index (Phi) is 6.31. The van der Waals surface area contributed by atoms with Crippen molar-refractivity contribution in [2.24, 2.45) is 11.1 Å². The zero-order valence-corrected chi connectivity index (χ0v) is 20.1. The van der Waals surface area contributed by atoms with Crippen LogP contribution >= 0.6 is 11.6 Å². The maximum Gasteiger partial charge on any atom is 0.257 e. The van der Waals surface area contributed by atoms with Crippen LogP contribution < -0.4 is 5.14 Å². The first-order chi connectivity index (χ1) is 15.8. The van der Waals surface area contributed by atoms with Crippen LogP contribution in [0.25, 0.3) is 0 Å². The van der Waals surface area contributed by atoms with Gasteiger partial charge in [0.05, 0.1) is 6.33 Å². The lowest BCUT2D eigenvalue weighted by molar-refractivity contribution is 0.145. The topological polar surface area (TPSA) is 81.2 Å². The molecule has 0 bridgehead atoms. The number of halogens is 1. The summed E-state index contributed by atoms with van der Waals surface area (Å²) in [4.78, 5) is 6.48. The summed E-state index contributed by atoms with van der Waals surface area (Å²) < 4.78 is 24.7. The van der Waals surface area contributed by atoms with Gasteiger partial charge in [0.25, 0.3) is 10.0 Å². The summed E-state index contributed by atoms with van der Waals surface area (Å²) in [6, 6.07) is 15.1. The van der Waals surface area contributed by atoms with Crippen LogP contribution in [0.15, 0.2) is 60.0 Å². The predicted molar refractivity (Wildman–Crippen MR) is 130 cm³/mol. The Morgan fingerprint density at radius 1 is 1.12 bits per heavy atom. The Hall–Kier alpha value is -2.19. The number of hydrogen-bond acceptors (Lipinski definition) is 4. The van der Waals surface area contributed by atoms with Crippen LogP contribution in [-0.2, 0) is 35.8 Å². The van der Waals surface area contributed by atoms with Gasteiger partial charge in [-0.05, 0) is 85.0 Å². The molecule has 5 rings (SSSR count). The van der Waals surface area contributed by atoms with Gasteiger partial charge in [0, 0.05) is 24.3 Å². The summed E-state index contributed by atoms with van der Waals surface area (Å²) in [7, 11) is -3.77. The fourth-order valence-electron chi connectivity index (χ4n) is 5.16. The van der Waals surface area contributed by atoms with Gasteiger partial charge in [0.1, 0.15) is 0 Å².